The highest BCUT2D eigenvalue weighted by molar-refractivity contribution is 7.15. The van der Waals surface area contributed by atoms with Gasteiger partial charge >= 0.3 is 0 Å². The van der Waals surface area contributed by atoms with E-state index < -0.39 is 0 Å². The van der Waals surface area contributed by atoms with Crippen LogP contribution in [0.15, 0.2) is 30.3 Å². The molecule has 2 nitrogen and oxygen atoms in total. The number of aryl methyl sites for hydroxylation is 1. The Balaban J connectivity index is 0.000000956. The van der Waals surface area contributed by atoms with Crippen molar-refractivity contribution in [1.82, 2.24) is 4.90 Å². The molecule has 1 heterocycles. The van der Waals surface area contributed by atoms with Crippen LogP contribution in [-0.2, 0) is 6.54 Å². The van der Waals surface area contributed by atoms with Gasteiger partial charge in [-0.25, -0.2) is 0 Å². The molecule has 0 saturated carbocycles. The van der Waals surface area contributed by atoms with Gasteiger partial charge in [-0.1, -0.05) is 26.0 Å². The molecule has 0 atom stereocenters. The van der Waals surface area contributed by atoms with E-state index in [4.69, 9.17) is 0 Å². The van der Waals surface area contributed by atoms with Crippen molar-refractivity contribution in [2.75, 3.05) is 14.1 Å². The highest BCUT2D eigenvalue weighted by Crippen LogP contribution is 2.29. The molecule has 0 unspecified atom stereocenters. The Kier molecular flexibility index (Phi) is 6.62. The maximum atomic E-state index is 11.0. The standard InChI is InChI=1S/C15H17NOS.C2H6/c1-11-4-7-15(18-11)12-5-6-13(10-17)14(8-12)9-16(2)3;1-2/h4-8,10H,9H2,1-3H3;1-2H3. The summed E-state index contributed by atoms with van der Waals surface area (Å²) in [5.41, 5.74) is 3.05. The highest BCUT2D eigenvalue weighted by Gasteiger charge is 2.07. The molecule has 0 aliphatic rings. The van der Waals surface area contributed by atoms with E-state index in [1.54, 1.807) is 11.3 Å². The minimum absolute atomic E-state index is 0.778. The fraction of sp³-hybridized carbons (Fsp3) is 0.353. The van der Waals surface area contributed by atoms with E-state index in [9.17, 15) is 4.79 Å². The Morgan fingerprint density at radius 1 is 1.15 bits per heavy atom. The number of rotatable bonds is 4. The molecule has 0 amide bonds. The zero-order valence-corrected chi connectivity index (χ0v) is 13.8. The van der Waals surface area contributed by atoms with Gasteiger partial charge in [0.05, 0.1) is 0 Å². The zero-order valence-electron chi connectivity index (χ0n) is 12.9. The van der Waals surface area contributed by atoms with Crippen LogP contribution in [0.5, 0.6) is 0 Å². The first-order chi connectivity index (χ1) is 9.60. The third-order valence-electron chi connectivity index (χ3n) is 2.78. The summed E-state index contributed by atoms with van der Waals surface area (Å²) in [6, 6.07) is 10.3. The number of carbonyl (C=O) groups is 1. The van der Waals surface area contributed by atoms with Crippen LogP contribution in [0, 0.1) is 6.92 Å². The average molecular weight is 289 g/mol. The van der Waals surface area contributed by atoms with Crippen LogP contribution >= 0.6 is 11.3 Å². The van der Waals surface area contributed by atoms with E-state index in [1.165, 1.54) is 15.3 Å². The maximum absolute atomic E-state index is 11.0. The molecule has 0 saturated heterocycles. The first kappa shape index (κ1) is 16.6. The Morgan fingerprint density at radius 3 is 2.35 bits per heavy atom. The molecule has 0 aliphatic heterocycles. The molecule has 3 heteroatoms. The molecule has 0 fully saturated rings. The minimum Gasteiger partial charge on any atom is -0.305 e. The van der Waals surface area contributed by atoms with Crippen LogP contribution in [0.2, 0.25) is 0 Å². The highest BCUT2D eigenvalue weighted by atomic mass is 32.1. The number of benzene rings is 1. The molecule has 0 N–H and O–H groups in total. The molecular formula is C17H23NOS. The fourth-order valence-corrected chi connectivity index (χ4v) is 2.81. The minimum atomic E-state index is 0.778. The van der Waals surface area contributed by atoms with Gasteiger partial charge in [0.15, 0.2) is 0 Å². The molecule has 108 valence electrons. The molecule has 0 bridgehead atoms. The van der Waals surface area contributed by atoms with E-state index in [0.717, 1.165) is 24.0 Å². The first-order valence-corrected chi connectivity index (χ1v) is 7.71. The van der Waals surface area contributed by atoms with Gasteiger partial charge in [0.1, 0.15) is 6.29 Å². The third-order valence-corrected chi connectivity index (χ3v) is 3.83. The van der Waals surface area contributed by atoms with Crippen molar-refractivity contribution >= 4 is 17.6 Å². The second kappa shape index (κ2) is 7.98. The lowest BCUT2D eigenvalue weighted by molar-refractivity contribution is 0.112. The van der Waals surface area contributed by atoms with E-state index in [1.807, 2.05) is 40.1 Å². The predicted molar refractivity (Wildman–Crippen MR) is 88.6 cm³/mol. The lowest BCUT2D eigenvalue weighted by Gasteiger charge is -2.12. The molecule has 20 heavy (non-hydrogen) atoms. The summed E-state index contributed by atoms with van der Waals surface area (Å²) in [4.78, 5) is 15.7. The molecular weight excluding hydrogens is 266 g/mol. The Hall–Kier alpha value is -1.45. The van der Waals surface area contributed by atoms with Crippen LogP contribution in [0.1, 0.15) is 34.6 Å². The monoisotopic (exact) mass is 289 g/mol. The maximum Gasteiger partial charge on any atom is 0.150 e. The lowest BCUT2D eigenvalue weighted by Crippen LogP contribution is -2.12. The SMILES string of the molecule is CC.Cc1ccc(-c2ccc(C=O)c(CN(C)C)c2)s1. The molecule has 1 aromatic carbocycles. The van der Waals surface area contributed by atoms with Crippen molar-refractivity contribution < 1.29 is 4.79 Å². The zero-order chi connectivity index (χ0) is 15.1. The van der Waals surface area contributed by atoms with Gasteiger partial charge in [0, 0.05) is 21.9 Å². The molecule has 0 aliphatic carbocycles. The number of hydrogen-bond acceptors (Lipinski definition) is 3. The smallest absolute Gasteiger partial charge is 0.150 e. The normalized spacial score (nSPS) is 10.1. The molecule has 0 radical (unpaired) electrons. The van der Waals surface area contributed by atoms with Crippen LogP contribution in [0.3, 0.4) is 0 Å². The van der Waals surface area contributed by atoms with Crippen molar-refractivity contribution in [2.24, 2.45) is 0 Å². The van der Waals surface area contributed by atoms with Crippen LogP contribution in [0.25, 0.3) is 10.4 Å². The average Bonchev–Trinajstić information content (AvgIpc) is 2.87. The van der Waals surface area contributed by atoms with Gasteiger partial charge in [0.25, 0.3) is 0 Å². The molecule has 1 aromatic heterocycles. The van der Waals surface area contributed by atoms with Gasteiger partial charge in [0.2, 0.25) is 0 Å². The summed E-state index contributed by atoms with van der Waals surface area (Å²) in [5, 5.41) is 0. The number of thiophene rings is 1. The van der Waals surface area contributed by atoms with Gasteiger partial charge in [-0.3, -0.25) is 4.79 Å². The summed E-state index contributed by atoms with van der Waals surface area (Å²) in [5.74, 6) is 0. The topological polar surface area (TPSA) is 20.3 Å². The van der Waals surface area contributed by atoms with Crippen LogP contribution in [-0.4, -0.2) is 25.3 Å². The van der Waals surface area contributed by atoms with Crippen LogP contribution < -0.4 is 0 Å². The lowest BCUT2D eigenvalue weighted by atomic mass is 10.0. The van der Waals surface area contributed by atoms with Crippen LogP contribution in [0.4, 0.5) is 0 Å². The first-order valence-electron chi connectivity index (χ1n) is 6.90. The Labute approximate surface area is 126 Å². The second-order valence-electron chi connectivity index (χ2n) is 4.68. The van der Waals surface area contributed by atoms with E-state index in [-0.39, 0.29) is 0 Å². The van der Waals surface area contributed by atoms with Gasteiger partial charge < -0.3 is 4.90 Å². The van der Waals surface area contributed by atoms with Crippen molar-refractivity contribution in [3.63, 3.8) is 0 Å². The summed E-state index contributed by atoms with van der Waals surface area (Å²) >= 11 is 1.78. The van der Waals surface area contributed by atoms with Crippen molar-refractivity contribution in [1.29, 1.82) is 0 Å². The van der Waals surface area contributed by atoms with E-state index >= 15 is 0 Å². The van der Waals surface area contributed by atoms with Gasteiger partial charge in [-0.05, 0) is 50.3 Å². The van der Waals surface area contributed by atoms with Gasteiger partial charge in [-0.2, -0.15) is 0 Å². The number of carbonyl (C=O) groups excluding carboxylic acids is 1. The molecule has 2 aromatic rings. The predicted octanol–water partition coefficient (Wildman–Crippen LogP) is 4.62. The largest absolute Gasteiger partial charge is 0.305 e. The number of nitrogens with zero attached hydrogens (tertiary/aromatic N) is 1. The number of aldehydes is 1. The quantitative estimate of drug-likeness (QED) is 0.765. The Morgan fingerprint density at radius 2 is 1.85 bits per heavy atom. The number of hydrogen-bond donors (Lipinski definition) is 0. The van der Waals surface area contributed by atoms with Crippen molar-refractivity contribution in [3.8, 4) is 10.4 Å². The Bertz CT molecular complexity index is 558. The van der Waals surface area contributed by atoms with E-state index in [0.29, 0.717) is 0 Å². The van der Waals surface area contributed by atoms with Crippen molar-refractivity contribution in [3.05, 3.63) is 46.3 Å². The summed E-state index contributed by atoms with van der Waals surface area (Å²) < 4.78 is 0. The molecule has 2 rings (SSSR count). The van der Waals surface area contributed by atoms with Crippen molar-refractivity contribution in [2.45, 2.75) is 27.3 Å². The second-order valence-corrected chi connectivity index (χ2v) is 5.97. The summed E-state index contributed by atoms with van der Waals surface area (Å²) in [6.07, 6.45) is 0.933. The summed E-state index contributed by atoms with van der Waals surface area (Å²) in [6.45, 7) is 6.89. The fourth-order valence-electron chi connectivity index (χ4n) is 1.94. The third kappa shape index (κ3) is 4.29. The molecule has 0 spiro atoms. The summed E-state index contributed by atoms with van der Waals surface area (Å²) in [7, 11) is 4.02. The van der Waals surface area contributed by atoms with E-state index in [2.05, 4.69) is 30.0 Å². The van der Waals surface area contributed by atoms with Gasteiger partial charge in [-0.15, -0.1) is 11.3 Å².